The predicted molar refractivity (Wildman–Crippen MR) is 149 cm³/mol. The molecule has 0 aromatic heterocycles. The van der Waals surface area contributed by atoms with Crippen LogP contribution in [0.1, 0.15) is 14.9 Å². The molecule has 2 fully saturated rings. The number of epoxide rings is 2. The Morgan fingerprint density at radius 2 is 0.618 bits per heavy atom. The molecule has 2 nitrogen and oxygen atoms in total. The summed E-state index contributed by atoms with van der Waals surface area (Å²) in [6.45, 7) is 1.91. The molecule has 2 aliphatic rings. The molecule has 6 rings (SSSR count). The van der Waals surface area contributed by atoms with E-state index in [-0.39, 0.29) is 14.9 Å². The van der Waals surface area contributed by atoms with Gasteiger partial charge in [0.25, 0.3) is 0 Å². The molecular formula is C30H34Ge2O2. The molecule has 4 heteroatoms. The van der Waals surface area contributed by atoms with Gasteiger partial charge in [-0.2, -0.15) is 0 Å². The Bertz CT molecular complexity index is 914. The van der Waals surface area contributed by atoms with E-state index in [1.807, 2.05) is 0 Å². The van der Waals surface area contributed by atoms with Gasteiger partial charge in [0.15, 0.2) is 0 Å². The molecule has 2 aliphatic heterocycles. The first-order valence-electron chi connectivity index (χ1n) is 11.1. The van der Waals surface area contributed by atoms with E-state index in [9.17, 15) is 0 Å². The molecule has 2 heterocycles. The topological polar surface area (TPSA) is 25.1 Å². The van der Waals surface area contributed by atoms with Crippen LogP contribution in [0.15, 0.2) is 121 Å². The van der Waals surface area contributed by atoms with E-state index in [1.54, 1.807) is 0 Å². The third-order valence-corrected chi connectivity index (χ3v) is 17.8. The van der Waals surface area contributed by atoms with Crippen LogP contribution < -0.4 is 17.6 Å². The van der Waals surface area contributed by atoms with Gasteiger partial charge in [0.1, 0.15) is 0 Å². The van der Waals surface area contributed by atoms with Crippen molar-refractivity contribution in [1.29, 1.82) is 0 Å². The molecule has 2 saturated heterocycles. The summed E-state index contributed by atoms with van der Waals surface area (Å²) in [5.41, 5.74) is 0. The maximum atomic E-state index is 5.55. The molecule has 4 aromatic rings. The van der Waals surface area contributed by atoms with E-state index in [1.165, 1.54) is 17.6 Å². The molecular weight excluding hydrogens is 538 g/mol. The standard InChI is InChI=1S/2C14H13GeO.2CH4/c2*1-3-7-12(8-4-1)15(14-11-16-14)13-9-5-2-6-10-13;;/h2*1-10,14H,11H2;2*1H4. The summed E-state index contributed by atoms with van der Waals surface area (Å²) >= 11 is -2.88. The van der Waals surface area contributed by atoms with E-state index in [0.717, 1.165) is 13.2 Å². The first-order valence-corrected chi connectivity index (χ1v) is 17.7. The van der Waals surface area contributed by atoms with Gasteiger partial charge in [-0.15, -0.1) is 0 Å². The zero-order chi connectivity index (χ0) is 21.6. The Hall–Kier alpha value is -2.11. The SMILES string of the molecule is C.C.c1cc[c]([Ge]([c]2ccccc2)[CH]2CO2)cc1.c1cc[c]([Ge]([c]2ccccc2)[CH]2CO2)cc1. The Labute approximate surface area is 214 Å². The van der Waals surface area contributed by atoms with Crippen LogP contribution in [0.25, 0.3) is 0 Å². The summed E-state index contributed by atoms with van der Waals surface area (Å²) in [5, 5.41) is 0. The van der Waals surface area contributed by atoms with Crippen LogP contribution in [-0.2, 0) is 9.47 Å². The van der Waals surface area contributed by atoms with Crippen LogP contribution >= 0.6 is 0 Å². The first kappa shape index (κ1) is 26.5. The summed E-state index contributed by atoms with van der Waals surface area (Å²) in [7, 11) is 0. The quantitative estimate of drug-likeness (QED) is 0.260. The van der Waals surface area contributed by atoms with E-state index >= 15 is 0 Å². The Kier molecular flexibility index (Phi) is 10.2. The monoisotopic (exact) mass is 574 g/mol. The number of hydrogen-bond donors (Lipinski definition) is 0. The van der Waals surface area contributed by atoms with Crippen molar-refractivity contribution < 1.29 is 9.47 Å². The Balaban J connectivity index is 0.000000180. The molecule has 2 radical (unpaired) electrons. The van der Waals surface area contributed by atoms with Crippen molar-refractivity contribution in [2.75, 3.05) is 13.2 Å². The fraction of sp³-hybridized carbons (Fsp3) is 0.200. The van der Waals surface area contributed by atoms with E-state index in [0.29, 0.717) is 9.87 Å². The third-order valence-electron chi connectivity index (χ3n) is 5.65. The average molecular weight is 572 g/mol. The molecule has 4 aromatic carbocycles. The zero-order valence-electron chi connectivity index (χ0n) is 17.9. The summed E-state index contributed by atoms with van der Waals surface area (Å²) in [6.07, 6.45) is 0. The van der Waals surface area contributed by atoms with Gasteiger partial charge < -0.3 is 0 Å². The van der Waals surface area contributed by atoms with Gasteiger partial charge in [-0.05, 0) is 0 Å². The van der Waals surface area contributed by atoms with Crippen molar-refractivity contribution in [1.82, 2.24) is 0 Å². The fourth-order valence-corrected chi connectivity index (χ4v) is 14.9. The van der Waals surface area contributed by atoms with Crippen molar-refractivity contribution >= 4 is 46.3 Å². The van der Waals surface area contributed by atoms with Crippen LogP contribution in [0, 0.1) is 0 Å². The molecule has 2 atom stereocenters. The molecule has 0 spiro atoms. The maximum absolute atomic E-state index is 5.55. The van der Waals surface area contributed by atoms with Crippen LogP contribution in [0.2, 0.25) is 0 Å². The molecule has 0 N–H and O–H groups in total. The Morgan fingerprint density at radius 1 is 0.412 bits per heavy atom. The first-order chi connectivity index (χ1) is 15.9. The van der Waals surface area contributed by atoms with Gasteiger partial charge in [-0.1, -0.05) is 14.9 Å². The van der Waals surface area contributed by atoms with Crippen molar-refractivity contribution in [2.24, 2.45) is 0 Å². The average Bonchev–Trinajstić information content (AvgIpc) is 3.79. The van der Waals surface area contributed by atoms with Gasteiger partial charge in [0, 0.05) is 0 Å². The van der Waals surface area contributed by atoms with Crippen molar-refractivity contribution in [3.8, 4) is 0 Å². The summed E-state index contributed by atoms with van der Waals surface area (Å²) in [6, 6.07) is 43.4. The molecule has 2 unspecified atom stereocenters. The molecule has 0 amide bonds. The second-order valence-corrected chi connectivity index (χ2v) is 19.0. The summed E-state index contributed by atoms with van der Waals surface area (Å²) < 4.78 is 17.1. The Morgan fingerprint density at radius 3 is 0.794 bits per heavy atom. The molecule has 0 saturated carbocycles. The second kappa shape index (κ2) is 13.1. The molecule has 0 bridgehead atoms. The van der Waals surface area contributed by atoms with Gasteiger partial charge >= 0.3 is 200 Å². The zero-order valence-corrected chi connectivity index (χ0v) is 22.1. The molecule has 0 aliphatic carbocycles. The fourth-order valence-electron chi connectivity index (χ4n) is 3.98. The third kappa shape index (κ3) is 6.95. The van der Waals surface area contributed by atoms with Crippen LogP contribution in [-0.4, -0.2) is 51.8 Å². The number of benzene rings is 4. The van der Waals surface area contributed by atoms with Crippen LogP contribution in [0.5, 0.6) is 0 Å². The predicted octanol–water partition coefficient (Wildman–Crippen LogP) is 3.74. The second-order valence-electron chi connectivity index (χ2n) is 7.94. The van der Waals surface area contributed by atoms with Crippen LogP contribution in [0.4, 0.5) is 0 Å². The van der Waals surface area contributed by atoms with Gasteiger partial charge in [-0.3, -0.25) is 0 Å². The van der Waals surface area contributed by atoms with Crippen molar-refractivity contribution in [2.45, 2.75) is 24.7 Å². The minimum atomic E-state index is -1.44. The summed E-state index contributed by atoms with van der Waals surface area (Å²) in [5.74, 6) is 0. The van der Waals surface area contributed by atoms with Crippen molar-refractivity contribution in [3.63, 3.8) is 0 Å². The number of ether oxygens (including phenoxy) is 2. The number of hydrogen-bond acceptors (Lipinski definition) is 2. The normalized spacial score (nSPS) is 17.6. The van der Waals surface area contributed by atoms with E-state index < -0.39 is 28.7 Å². The molecule has 34 heavy (non-hydrogen) atoms. The number of rotatable bonds is 6. The minimum absolute atomic E-state index is 0. The van der Waals surface area contributed by atoms with Gasteiger partial charge in [0.2, 0.25) is 0 Å². The molecule has 174 valence electrons. The van der Waals surface area contributed by atoms with E-state index in [2.05, 4.69) is 121 Å². The van der Waals surface area contributed by atoms with Crippen molar-refractivity contribution in [3.05, 3.63) is 121 Å². The van der Waals surface area contributed by atoms with Gasteiger partial charge in [0.05, 0.1) is 0 Å². The van der Waals surface area contributed by atoms with E-state index in [4.69, 9.17) is 9.47 Å². The van der Waals surface area contributed by atoms with Crippen LogP contribution in [0.3, 0.4) is 0 Å². The summed E-state index contributed by atoms with van der Waals surface area (Å²) in [4.78, 5) is 1.06. The van der Waals surface area contributed by atoms with Gasteiger partial charge in [-0.25, -0.2) is 0 Å².